The predicted molar refractivity (Wildman–Crippen MR) is 98.6 cm³/mol. The van der Waals surface area contributed by atoms with Crippen LogP contribution in [0, 0.1) is 0 Å². The lowest BCUT2D eigenvalue weighted by atomic mass is 10.1. The topological polar surface area (TPSA) is 58.1 Å². The highest BCUT2D eigenvalue weighted by molar-refractivity contribution is 6.07. The molecule has 0 aliphatic heterocycles. The third-order valence-corrected chi connectivity index (χ3v) is 4.42. The molecule has 2 heterocycles. The maximum Gasteiger partial charge on any atom is 0.252 e. The third-order valence-electron chi connectivity index (χ3n) is 4.42. The normalized spacial score (nSPS) is 13.6. The second kappa shape index (κ2) is 6.51. The molecule has 4 rings (SSSR count). The molecule has 0 radical (unpaired) electrons. The molecule has 5 nitrogen and oxygen atoms in total. The first kappa shape index (κ1) is 15.6. The van der Waals surface area contributed by atoms with Crippen molar-refractivity contribution in [2.24, 2.45) is 0 Å². The largest absolute Gasteiger partial charge is 0.355 e. The van der Waals surface area contributed by atoms with Crippen LogP contribution in [0.1, 0.15) is 28.8 Å². The molecule has 1 N–H and O–H groups in total. The Labute approximate surface area is 146 Å². The minimum Gasteiger partial charge on any atom is -0.355 e. The van der Waals surface area contributed by atoms with Crippen LogP contribution >= 0.6 is 0 Å². The van der Waals surface area contributed by atoms with Gasteiger partial charge in [0.1, 0.15) is 5.82 Å². The molecule has 0 unspecified atom stereocenters. The fourth-order valence-electron chi connectivity index (χ4n) is 2.88. The lowest BCUT2D eigenvalue weighted by Gasteiger charge is -2.20. The van der Waals surface area contributed by atoms with E-state index in [9.17, 15) is 4.79 Å². The summed E-state index contributed by atoms with van der Waals surface area (Å²) in [6.07, 6.45) is 5.71. The fourth-order valence-corrected chi connectivity index (χ4v) is 2.88. The van der Waals surface area contributed by atoms with E-state index in [4.69, 9.17) is 4.98 Å². The monoisotopic (exact) mass is 332 g/mol. The number of nitrogens with zero attached hydrogens (tertiary/aromatic N) is 3. The van der Waals surface area contributed by atoms with Gasteiger partial charge in [0.15, 0.2) is 0 Å². The number of amides is 1. The predicted octanol–water partition coefficient (Wildman–Crippen LogP) is 3.16. The van der Waals surface area contributed by atoms with Gasteiger partial charge < -0.3 is 10.2 Å². The van der Waals surface area contributed by atoms with Crippen molar-refractivity contribution in [2.45, 2.75) is 25.4 Å². The molecule has 126 valence electrons. The average Bonchev–Trinajstić information content (AvgIpc) is 3.45. The van der Waals surface area contributed by atoms with Gasteiger partial charge in [-0.05, 0) is 42.7 Å². The summed E-state index contributed by atoms with van der Waals surface area (Å²) in [6.45, 7) is 0.706. The SMILES string of the molecule is CN(Cc1ccncc1)c1cc(C(=O)NC2CC2)c2ccccc2n1. The van der Waals surface area contributed by atoms with Crippen molar-refractivity contribution in [3.8, 4) is 0 Å². The van der Waals surface area contributed by atoms with Gasteiger partial charge in [-0.1, -0.05) is 18.2 Å². The van der Waals surface area contributed by atoms with Gasteiger partial charge in [0, 0.05) is 37.4 Å². The van der Waals surface area contributed by atoms with Crippen molar-refractivity contribution < 1.29 is 4.79 Å². The minimum absolute atomic E-state index is 0.0142. The number of aromatic nitrogens is 2. The Bertz CT molecular complexity index is 906. The number of anilines is 1. The summed E-state index contributed by atoms with van der Waals surface area (Å²) in [5.41, 5.74) is 2.67. The molecule has 1 aliphatic carbocycles. The van der Waals surface area contributed by atoms with Gasteiger partial charge in [-0.15, -0.1) is 0 Å². The number of nitrogens with one attached hydrogen (secondary N) is 1. The molecular formula is C20H20N4O. The van der Waals surface area contributed by atoms with Crippen molar-refractivity contribution in [1.29, 1.82) is 0 Å². The van der Waals surface area contributed by atoms with Gasteiger partial charge >= 0.3 is 0 Å². The number of para-hydroxylation sites is 1. The van der Waals surface area contributed by atoms with E-state index in [2.05, 4.69) is 15.2 Å². The van der Waals surface area contributed by atoms with Gasteiger partial charge in [-0.25, -0.2) is 4.98 Å². The summed E-state index contributed by atoms with van der Waals surface area (Å²) in [4.78, 5) is 23.5. The molecule has 0 saturated heterocycles. The van der Waals surface area contributed by atoms with Crippen LogP contribution in [0.2, 0.25) is 0 Å². The second-order valence-electron chi connectivity index (χ2n) is 6.50. The van der Waals surface area contributed by atoms with E-state index in [1.54, 1.807) is 12.4 Å². The summed E-state index contributed by atoms with van der Waals surface area (Å²) in [5, 5.41) is 3.98. The highest BCUT2D eigenvalue weighted by atomic mass is 16.1. The molecule has 0 bridgehead atoms. The second-order valence-corrected chi connectivity index (χ2v) is 6.50. The lowest BCUT2D eigenvalue weighted by Crippen LogP contribution is -2.26. The molecule has 25 heavy (non-hydrogen) atoms. The van der Waals surface area contributed by atoms with E-state index in [0.717, 1.165) is 35.1 Å². The van der Waals surface area contributed by atoms with Crippen molar-refractivity contribution in [3.05, 3.63) is 66.0 Å². The molecule has 1 saturated carbocycles. The number of hydrogen-bond donors (Lipinski definition) is 1. The van der Waals surface area contributed by atoms with Crippen LogP contribution in [0.25, 0.3) is 10.9 Å². The van der Waals surface area contributed by atoms with Crippen LogP contribution in [0.3, 0.4) is 0 Å². The van der Waals surface area contributed by atoms with E-state index in [0.29, 0.717) is 18.2 Å². The van der Waals surface area contributed by atoms with Crippen molar-refractivity contribution in [3.63, 3.8) is 0 Å². The van der Waals surface area contributed by atoms with E-state index < -0.39 is 0 Å². The Morgan fingerprint density at radius 2 is 1.96 bits per heavy atom. The number of benzene rings is 1. The first-order chi connectivity index (χ1) is 12.2. The Hall–Kier alpha value is -2.95. The molecular weight excluding hydrogens is 312 g/mol. The van der Waals surface area contributed by atoms with E-state index in [-0.39, 0.29) is 5.91 Å². The Morgan fingerprint density at radius 1 is 1.20 bits per heavy atom. The van der Waals surface area contributed by atoms with E-state index in [1.165, 1.54) is 0 Å². The van der Waals surface area contributed by atoms with Crippen LogP contribution in [0.4, 0.5) is 5.82 Å². The van der Waals surface area contributed by atoms with Gasteiger partial charge in [-0.3, -0.25) is 9.78 Å². The maximum atomic E-state index is 12.7. The summed E-state index contributed by atoms with van der Waals surface area (Å²) in [5.74, 6) is 0.774. The third kappa shape index (κ3) is 3.45. The summed E-state index contributed by atoms with van der Waals surface area (Å²) < 4.78 is 0. The molecule has 0 spiro atoms. The molecule has 1 aromatic carbocycles. The van der Waals surface area contributed by atoms with Gasteiger partial charge in [0.2, 0.25) is 0 Å². The zero-order valence-corrected chi connectivity index (χ0v) is 14.1. The first-order valence-electron chi connectivity index (χ1n) is 8.51. The molecule has 1 fully saturated rings. The summed E-state index contributed by atoms with van der Waals surface area (Å²) in [6, 6.07) is 14.0. The van der Waals surface area contributed by atoms with Crippen LogP contribution in [-0.2, 0) is 6.54 Å². The van der Waals surface area contributed by atoms with Crippen molar-refractivity contribution >= 4 is 22.6 Å². The number of pyridine rings is 2. The highest BCUT2D eigenvalue weighted by Crippen LogP contribution is 2.25. The lowest BCUT2D eigenvalue weighted by molar-refractivity contribution is 0.0952. The number of carbonyl (C=O) groups is 1. The number of hydrogen-bond acceptors (Lipinski definition) is 4. The number of rotatable bonds is 5. The average molecular weight is 332 g/mol. The van der Waals surface area contributed by atoms with Gasteiger partial charge in [-0.2, -0.15) is 0 Å². The Morgan fingerprint density at radius 3 is 2.72 bits per heavy atom. The molecule has 5 heteroatoms. The van der Waals surface area contributed by atoms with Crippen LogP contribution < -0.4 is 10.2 Å². The Kier molecular flexibility index (Phi) is 4.06. The summed E-state index contributed by atoms with van der Waals surface area (Å²) >= 11 is 0. The molecule has 1 aliphatic rings. The molecule has 1 amide bonds. The zero-order chi connectivity index (χ0) is 17.2. The van der Waals surface area contributed by atoms with Gasteiger partial charge in [0.05, 0.1) is 11.1 Å². The number of carbonyl (C=O) groups excluding carboxylic acids is 1. The first-order valence-corrected chi connectivity index (χ1v) is 8.51. The highest BCUT2D eigenvalue weighted by Gasteiger charge is 2.25. The van der Waals surface area contributed by atoms with Crippen LogP contribution in [-0.4, -0.2) is 29.0 Å². The zero-order valence-electron chi connectivity index (χ0n) is 14.1. The van der Waals surface area contributed by atoms with Crippen molar-refractivity contribution in [2.75, 3.05) is 11.9 Å². The fraction of sp³-hybridized carbons (Fsp3) is 0.250. The number of fused-ring (bicyclic) bond motifs is 1. The molecule has 3 aromatic rings. The van der Waals surface area contributed by atoms with Gasteiger partial charge in [0.25, 0.3) is 5.91 Å². The van der Waals surface area contributed by atoms with Crippen LogP contribution in [0.5, 0.6) is 0 Å². The maximum absolute atomic E-state index is 12.7. The van der Waals surface area contributed by atoms with E-state index >= 15 is 0 Å². The Balaban J connectivity index is 1.69. The van der Waals surface area contributed by atoms with Crippen molar-refractivity contribution in [1.82, 2.24) is 15.3 Å². The standard InChI is InChI=1S/C20H20N4O/c1-24(13-14-8-10-21-11-9-14)19-12-17(20(25)22-15-6-7-15)16-4-2-3-5-18(16)23-19/h2-5,8-12,15H,6-7,13H2,1H3,(H,22,25). The summed E-state index contributed by atoms with van der Waals surface area (Å²) in [7, 11) is 1.99. The molecule has 0 atom stereocenters. The smallest absolute Gasteiger partial charge is 0.252 e. The quantitative estimate of drug-likeness (QED) is 0.780. The van der Waals surface area contributed by atoms with Crippen LogP contribution in [0.15, 0.2) is 54.9 Å². The van der Waals surface area contributed by atoms with E-state index in [1.807, 2.05) is 49.5 Å². The molecule has 2 aromatic heterocycles. The minimum atomic E-state index is -0.0142.